The molecule has 1 saturated carbocycles. The Balaban J connectivity index is 1.57. The number of phenolic OH excluding ortho intramolecular Hbond substituents is 1. The minimum atomic E-state index is -0.700. The van der Waals surface area contributed by atoms with Gasteiger partial charge >= 0.3 is 5.97 Å². The Kier molecular flexibility index (Phi) is 8.40. The summed E-state index contributed by atoms with van der Waals surface area (Å²) >= 11 is 6.44. The predicted molar refractivity (Wildman–Crippen MR) is 153 cm³/mol. The number of Topliss-reactive ketones (excluding diaryl/α,β-unsaturated/α-hetero) is 1. The first-order valence-corrected chi connectivity index (χ1v) is 14.4. The Labute approximate surface area is 240 Å². The van der Waals surface area contributed by atoms with Crippen molar-refractivity contribution in [1.29, 1.82) is 0 Å². The van der Waals surface area contributed by atoms with Gasteiger partial charge in [0, 0.05) is 29.3 Å². The second-order valence-corrected chi connectivity index (χ2v) is 11.1. The number of hydrogen-bond acceptors (Lipinski definition) is 7. The van der Waals surface area contributed by atoms with Gasteiger partial charge in [-0.2, -0.15) is 0 Å². The summed E-state index contributed by atoms with van der Waals surface area (Å²) in [4.78, 5) is 27.7. The number of dihydropyridines is 1. The Morgan fingerprint density at radius 2 is 1.80 bits per heavy atom. The summed E-state index contributed by atoms with van der Waals surface area (Å²) in [5.41, 5.74) is 4.02. The maximum atomic E-state index is 13.9. The molecular formula is C32H36ClNO6. The minimum absolute atomic E-state index is 0.0174. The van der Waals surface area contributed by atoms with E-state index in [1.165, 1.54) is 0 Å². The van der Waals surface area contributed by atoms with E-state index < -0.39 is 11.9 Å². The topological polar surface area (TPSA) is 94.1 Å². The van der Waals surface area contributed by atoms with Crippen LogP contribution < -0.4 is 14.8 Å². The smallest absolute Gasteiger partial charge is 0.337 e. The molecule has 2 aromatic carbocycles. The van der Waals surface area contributed by atoms with Crippen LogP contribution in [0.3, 0.4) is 0 Å². The van der Waals surface area contributed by atoms with Crippen LogP contribution >= 0.6 is 11.6 Å². The number of methoxy groups -OCH3 is 1. The van der Waals surface area contributed by atoms with Crippen molar-refractivity contribution < 1.29 is 28.9 Å². The molecule has 2 atom stereocenters. The summed E-state index contributed by atoms with van der Waals surface area (Å²) in [6.45, 7) is 3.98. The zero-order chi connectivity index (χ0) is 28.4. The van der Waals surface area contributed by atoms with E-state index in [-0.39, 0.29) is 34.3 Å². The van der Waals surface area contributed by atoms with Gasteiger partial charge in [-0.05, 0) is 87.3 Å². The molecule has 0 radical (unpaired) electrons. The number of halogens is 1. The number of rotatable bonds is 7. The number of carbonyl (C=O) groups is 2. The van der Waals surface area contributed by atoms with Crippen molar-refractivity contribution >= 4 is 23.4 Å². The fourth-order valence-corrected chi connectivity index (χ4v) is 6.40. The quantitative estimate of drug-likeness (QED) is 0.361. The molecule has 0 unspecified atom stereocenters. The van der Waals surface area contributed by atoms with Gasteiger partial charge in [0.15, 0.2) is 17.3 Å². The van der Waals surface area contributed by atoms with Crippen LogP contribution in [-0.4, -0.2) is 36.7 Å². The molecule has 1 heterocycles. The number of ether oxygens (including phenoxy) is 3. The summed E-state index contributed by atoms with van der Waals surface area (Å²) in [6, 6.07) is 11.1. The highest BCUT2D eigenvalue weighted by Crippen LogP contribution is 2.48. The van der Waals surface area contributed by atoms with Gasteiger partial charge in [0.1, 0.15) is 11.9 Å². The number of phenols is 1. The number of hydrogen-bond donors (Lipinski definition) is 2. The van der Waals surface area contributed by atoms with Crippen molar-refractivity contribution in [3.05, 3.63) is 75.1 Å². The number of nitrogens with one attached hydrogen (secondary N) is 1. The SMILES string of the molecule is CCOc1cc([C@@H]2C(C(=O)OC3CCCCC3)=C(C)NC3=C2C(=O)C[C@@H](c2ccc(OC)cc2)C3)cc(Cl)c1O. The van der Waals surface area contributed by atoms with E-state index in [4.69, 9.17) is 25.8 Å². The summed E-state index contributed by atoms with van der Waals surface area (Å²) in [5, 5.41) is 14.0. The van der Waals surface area contributed by atoms with Gasteiger partial charge in [0.25, 0.3) is 0 Å². The van der Waals surface area contributed by atoms with Gasteiger partial charge < -0.3 is 24.6 Å². The number of allylic oxidation sites excluding steroid dienone is 3. The first kappa shape index (κ1) is 28.1. The standard InChI is InChI=1S/C32H36ClNO6/c1-4-39-27-17-21(14-24(33)31(27)36)29-28(32(37)40-23-8-6-5-7-9-23)18(2)34-25-15-20(16-26(35)30(25)29)19-10-12-22(38-3)13-11-19/h10-14,17,20,23,29,34,36H,4-9,15-16H2,1-3H3/t20-,29+/m0/s1. The number of benzene rings is 2. The van der Waals surface area contributed by atoms with Crippen LogP contribution in [0.4, 0.5) is 0 Å². The van der Waals surface area contributed by atoms with Crippen LogP contribution in [0.25, 0.3) is 0 Å². The molecule has 8 heteroatoms. The van der Waals surface area contributed by atoms with Crippen LogP contribution in [-0.2, 0) is 14.3 Å². The highest BCUT2D eigenvalue weighted by atomic mass is 35.5. The first-order valence-electron chi connectivity index (χ1n) is 14.0. The van der Waals surface area contributed by atoms with Crippen LogP contribution in [0.15, 0.2) is 58.9 Å². The van der Waals surface area contributed by atoms with Gasteiger partial charge in [-0.3, -0.25) is 4.79 Å². The molecule has 3 aliphatic rings. The average Bonchev–Trinajstić information content (AvgIpc) is 2.95. The molecule has 2 aliphatic carbocycles. The van der Waals surface area contributed by atoms with E-state index in [0.717, 1.165) is 49.1 Å². The van der Waals surface area contributed by atoms with Crippen LogP contribution in [0.2, 0.25) is 5.02 Å². The maximum absolute atomic E-state index is 13.9. The minimum Gasteiger partial charge on any atom is -0.503 e. The van der Waals surface area contributed by atoms with Gasteiger partial charge in [-0.25, -0.2) is 4.79 Å². The molecular weight excluding hydrogens is 530 g/mol. The fourth-order valence-electron chi connectivity index (χ4n) is 6.18. The molecule has 2 aromatic rings. The summed E-state index contributed by atoms with van der Waals surface area (Å²) in [6.07, 6.45) is 5.66. The summed E-state index contributed by atoms with van der Waals surface area (Å²) in [7, 11) is 1.63. The van der Waals surface area contributed by atoms with Crippen molar-refractivity contribution in [1.82, 2.24) is 5.32 Å². The predicted octanol–water partition coefficient (Wildman–Crippen LogP) is 6.69. The van der Waals surface area contributed by atoms with Crippen LogP contribution in [0, 0.1) is 0 Å². The van der Waals surface area contributed by atoms with E-state index in [2.05, 4.69) is 5.32 Å². The third-order valence-electron chi connectivity index (χ3n) is 8.14. The Bertz CT molecular complexity index is 1360. The zero-order valence-electron chi connectivity index (χ0n) is 23.2. The lowest BCUT2D eigenvalue weighted by atomic mass is 9.71. The molecule has 1 aliphatic heterocycles. The normalized spacial score (nSPS) is 21.6. The monoisotopic (exact) mass is 565 g/mol. The van der Waals surface area contributed by atoms with E-state index in [1.807, 2.05) is 38.1 Å². The number of esters is 1. The van der Waals surface area contributed by atoms with Crippen molar-refractivity contribution in [2.45, 2.75) is 76.7 Å². The molecule has 0 bridgehead atoms. The lowest BCUT2D eigenvalue weighted by Crippen LogP contribution is -2.37. The van der Waals surface area contributed by atoms with Crippen molar-refractivity contribution in [3.63, 3.8) is 0 Å². The van der Waals surface area contributed by atoms with Crippen LogP contribution in [0.1, 0.15) is 81.8 Å². The molecule has 0 aromatic heterocycles. The van der Waals surface area contributed by atoms with E-state index in [1.54, 1.807) is 19.2 Å². The highest BCUT2D eigenvalue weighted by molar-refractivity contribution is 6.32. The molecule has 0 spiro atoms. The number of ketones is 1. The number of carbonyl (C=O) groups excluding carboxylic acids is 2. The van der Waals surface area contributed by atoms with E-state index >= 15 is 0 Å². The number of aromatic hydroxyl groups is 1. The molecule has 1 fully saturated rings. The van der Waals surface area contributed by atoms with Crippen molar-refractivity contribution in [2.75, 3.05) is 13.7 Å². The molecule has 212 valence electrons. The lowest BCUT2D eigenvalue weighted by Gasteiger charge is -2.37. The maximum Gasteiger partial charge on any atom is 0.337 e. The van der Waals surface area contributed by atoms with Gasteiger partial charge in [-0.15, -0.1) is 0 Å². The van der Waals surface area contributed by atoms with Gasteiger partial charge in [-0.1, -0.05) is 30.2 Å². The zero-order valence-corrected chi connectivity index (χ0v) is 24.0. The molecule has 40 heavy (non-hydrogen) atoms. The average molecular weight is 566 g/mol. The molecule has 7 nitrogen and oxygen atoms in total. The lowest BCUT2D eigenvalue weighted by molar-refractivity contribution is -0.146. The molecule has 0 saturated heterocycles. The fraction of sp³-hybridized carbons (Fsp3) is 0.438. The Morgan fingerprint density at radius 1 is 1.07 bits per heavy atom. The van der Waals surface area contributed by atoms with Crippen molar-refractivity contribution in [3.8, 4) is 17.2 Å². The highest BCUT2D eigenvalue weighted by Gasteiger charge is 2.42. The van der Waals surface area contributed by atoms with Crippen LogP contribution in [0.5, 0.6) is 17.2 Å². The summed E-state index contributed by atoms with van der Waals surface area (Å²) in [5.74, 6) is -0.390. The third-order valence-corrected chi connectivity index (χ3v) is 8.43. The second kappa shape index (κ2) is 12.0. The Hall–Kier alpha value is -3.45. The largest absolute Gasteiger partial charge is 0.503 e. The van der Waals surface area contributed by atoms with E-state index in [9.17, 15) is 14.7 Å². The first-order chi connectivity index (χ1) is 19.3. The second-order valence-electron chi connectivity index (χ2n) is 10.7. The Morgan fingerprint density at radius 3 is 2.48 bits per heavy atom. The van der Waals surface area contributed by atoms with E-state index in [0.29, 0.717) is 41.9 Å². The van der Waals surface area contributed by atoms with Crippen molar-refractivity contribution in [2.24, 2.45) is 0 Å². The molecule has 2 N–H and O–H groups in total. The van der Waals surface area contributed by atoms with Gasteiger partial charge in [0.2, 0.25) is 0 Å². The third kappa shape index (κ3) is 5.57. The molecule has 5 rings (SSSR count). The molecule has 0 amide bonds. The summed E-state index contributed by atoms with van der Waals surface area (Å²) < 4.78 is 17.0. The van der Waals surface area contributed by atoms with Gasteiger partial charge in [0.05, 0.1) is 24.3 Å².